The summed E-state index contributed by atoms with van der Waals surface area (Å²) in [6, 6.07) is 16.0. The summed E-state index contributed by atoms with van der Waals surface area (Å²) in [6.07, 6.45) is 5.55. The molecule has 2 aliphatic rings. The lowest BCUT2D eigenvalue weighted by Gasteiger charge is -2.53. The van der Waals surface area contributed by atoms with Crippen LogP contribution < -0.4 is 0 Å². The number of hydrogen-bond acceptors (Lipinski definition) is 4. The van der Waals surface area contributed by atoms with Gasteiger partial charge in [0.05, 0.1) is 11.4 Å². The van der Waals surface area contributed by atoms with Crippen molar-refractivity contribution in [2.75, 3.05) is 12.0 Å². The molecule has 0 aromatic heterocycles. The quantitative estimate of drug-likeness (QED) is 0.825. The van der Waals surface area contributed by atoms with Gasteiger partial charge in [0.15, 0.2) is 0 Å². The molecule has 0 unspecified atom stereocenters. The van der Waals surface area contributed by atoms with E-state index in [0.29, 0.717) is 12.8 Å². The second-order valence-electron chi connectivity index (χ2n) is 8.89. The van der Waals surface area contributed by atoms with E-state index in [4.69, 9.17) is 0 Å². The van der Waals surface area contributed by atoms with E-state index in [9.17, 15) is 18.6 Å². The van der Waals surface area contributed by atoms with Crippen LogP contribution in [0.4, 0.5) is 0 Å². The SMILES string of the molecule is CS(=O)(=O)C[C@@]1(O)CC[C@@]2(Cc3ccccc3)c3ccc(O)cc3CC[C@@H]2C1. The second-order valence-corrected chi connectivity index (χ2v) is 11.0. The highest BCUT2D eigenvalue weighted by Crippen LogP contribution is 2.54. The van der Waals surface area contributed by atoms with Crippen LogP contribution >= 0.6 is 0 Å². The Hall–Kier alpha value is -1.85. The average molecular weight is 401 g/mol. The highest BCUT2D eigenvalue weighted by molar-refractivity contribution is 7.90. The number of fused-ring (bicyclic) bond motifs is 3. The predicted octanol–water partition coefficient (Wildman–Crippen LogP) is 3.39. The van der Waals surface area contributed by atoms with Crippen LogP contribution in [0.25, 0.3) is 0 Å². The van der Waals surface area contributed by atoms with Gasteiger partial charge in [0.25, 0.3) is 0 Å². The Bertz CT molecular complexity index is 969. The maximum absolute atomic E-state index is 11.9. The third kappa shape index (κ3) is 3.70. The zero-order chi connectivity index (χ0) is 20.0. The van der Waals surface area contributed by atoms with E-state index in [-0.39, 0.29) is 22.8 Å². The van der Waals surface area contributed by atoms with Gasteiger partial charge in [-0.1, -0.05) is 36.4 Å². The molecule has 150 valence electrons. The van der Waals surface area contributed by atoms with E-state index in [0.717, 1.165) is 25.7 Å². The normalized spacial score (nSPS) is 29.7. The largest absolute Gasteiger partial charge is 0.508 e. The molecule has 2 aromatic carbocycles. The molecule has 1 saturated carbocycles. The maximum Gasteiger partial charge on any atom is 0.150 e. The topological polar surface area (TPSA) is 74.6 Å². The second kappa shape index (κ2) is 6.89. The van der Waals surface area contributed by atoms with Crippen molar-refractivity contribution in [2.45, 2.75) is 49.5 Å². The van der Waals surface area contributed by atoms with E-state index in [1.54, 1.807) is 6.07 Å². The summed E-state index contributed by atoms with van der Waals surface area (Å²) < 4.78 is 23.8. The first-order valence-corrected chi connectivity index (χ1v) is 12.0. The van der Waals surface area contributed by atoms with Crippen LogP contribution in [-0.4, -0.2) is 36.2 Å². The Morgan fingerprint density at radius 2 is 1.86 bits per heavy atom. The van der Waals surface area contributed by atoms with Crippen molar-refractivity contribution in [1.82, 2.24) is 0 Å². The molecule has 0 bridgehead atoms. The van der Waals surface area contributed by atoms with Crippen molar-refractivity contribution < 1.29 is 18.6 Å². The molecule has 0 heterocycles. The van der Waals surface area contributed by atoms with Gasteiger partial charge >= 0.3 is 0 Å². The molecule has 4 nitrogen and oxygen atoms in total. The smallest absolute Gasteiger partial charge is 0.150 e. The lowest BCUT2D eigenvalue weighted by molar-refractivity contribution is -0.0340. The third-order valence-corrected chi connectivity index (χ3v) is 7.79. The standard InChI is InChI=1S/C23H28O4S/c1-28(26,27)16-22(25)11-12-23(14-17-5-3-2-4-6-17)19(15-22)8-7-18-13-20(24)9-10-21(18)23/h2-6,9-10,13,19,24-25H,7-8,11-12,14-16H2,1H3/t19-,22-,23+/m1/s1. The molecule has 2 aliphatic carbocycles. The summed E-state index contributed by atoms with van der Waals surface area (Å²) in [4.78, 5) is 0. The minimum absolute atomic E-state index is 0.133. The van der Waals surface area contributed by atoms with Crippen molar-refractivity contribution in [3.8, 4) is 5.75 Å². The lowest BCUT2D eigenvalue weighted by Crippen LogP contribution is -2.53. The van der Waals surface area contributed by atoms with Gasteiger partial charge in [0, 0.05) is 11.7 Å². The molecule has 28 heavy (non-hydrogen) atoms. The molecule has 0 spiro atoms. The molecule has 1 fully saturated rings. The molecule has 0 amide bonds. The molecule has 4 rings (SSSR count). The Labute approximate surface area is 167 Å². The van der Waals surface area contributed by atoms with Crippen molar-refractivity contribution >= 4 is 9.84 Å². The van der Waals surface area contributed by atoms with Gasteiger partial charge in [-0.25, -0.2) is 8.42 Å². The number of phenolic OH excluding ortho intramolecular Hbond substituents is 1. The van der Waals surface area contributed by atoms with Gasteiger partial charge in [-0.2, -0.15) is 0 Å². The van der Waals surface area contributed by atoms with Crippen molar-refractivity contribution in [3.05, 3.63) is 65.2 Å². The number of aromatic hydroxyl groups is 1. The van der Waals surface area contributed by atoms with Crippen LogP contribution in [-0.2, 0) is 28.1 Å². The van der Waals surface area contributed by atoms with Crippen molar-refractivity contribution in [3.63, 3.8) is 0 Å². The Morgan fingerprint density at radius 1 is 1.11 bits per heavy atom. The third-order valence-electron chi connectivity index (χ3n) is 6.72. The molecular formula is C23H28O4S. The molecular weight excluding hydrogens is 372 g/mol. The monoisotopic (exact) mass is 400 g/mol. The zero-order valence-corrected chi connectivity index (χ0v) is 17.1. The fourth-order valence-electron chi connectivity index (χ4n) is 5.66. The van der Waals surface area contributed by atoms with E-state index in [1.165, 1.54) is 22.9 Å². The predicted molar refractivity (Wildman–Crippen MR) is 110 cm³/mol. The summed E-state index contributed by atoms with van der Waals surface area (Å²) in [5.41, 5.74) is 2.41. The fourth-order valence-corrected chi connectivity index (χ4v) is 6.90. The van der Waals surface area contributed by atoms with Gasteiger partial charge in [-0.3, -0.25) is 0 Å². The first-order chi connectivity index (χ1) is 13.2. The summed E-state index contributed by atoms with van der Waals surface area (Å²) in [5, 5.41) is 21.1. The molecule has 0 saturated heterocycles. The number of phenols is 1. The van der Waals surface area contributed by atoms with Crippen molar-refractivity contribution in [1.29, 1.82) is 0 Å². The molecule has 2 aromatic rings. The number of hydrogen-bond donors (Lipinski definition) is 2. The molecule has 0 aliphatic heterocycles. The number of aliphatic hydroxyl groups is 1. The first-order valence-electron chi connectivity index (χ1n) is 9.96. The Morgan fingerprint density at radius 3 is 2.57 bits per heavy atom. The number of aryl methyl sites for hydroxylation is 1. The van der Waals surface area contributed by atoms with E-state index >= 15 is 0 Å². The van der Waals surface area contributed by atoms with Crippen LogP contribution in [0.5, 0.6) is 5.75 Å². The minimum Gasteiger partial charge on any atom is -0.508 e. The minimum atomic E-state index is -3.25. The Balaban J connectivity index is 1.75. The van der Waals surface area contributed by atoms with Gasteiger partial charge in [0.1, 0.15) is 15.6 Å². The van der Waals surface area contributed by atoms with Gasteiger partial charge in [0.2, 0.25) is 0 Å². The van der Waals surface area contributed by atoms with Crippen LogP contribution in [0.2, 0.25) is 0 Å². The number of benzene rings is 2. The van der Waals surface area contributed by atoms with Crippen LogP contribution in [0.1, 0.15) is 42.4 Å². The van der Waals surface area contributed by atoms with E-state index < -0.39 is 15.4 Å². The van der Waals surface area contributed by atoms with Gasteiger partial charge in [-0.05, 0) is 73.3 Å². The van der Waals surface area contributed by atoms with Gasteiger partial charge < -0.3 is 10.2 Å². The number of rotatable bonds is 4. The molecule has 2 N–H and O–H groups in total. The average Bonchev–Trinajstić information content (AvgIpc) is 2.61. The molecule has 3 atom stereocenters. The fraction of sp³-hybridized carbons (Fsp3) is 0.478. The maximum atomic E-state index is 11.9. The zero-order valence-electron chi connectivity index (χ0n) is 16.3. The van der Waals surface area contributed by atoms with E-state index in [2.05, 4.69) is 12.1 Å². The summed E-state index contributed by atoms with van der Waals surface area (Å²) in [6.45, 7) is 0. The van der Waals surface area contributed by atoms with Crippen molar-refractivity contribution in [2.24, 2.45) is 5.92 Å². The lowest BCUT2D eigenvalue weighted by atomic mass is 9.53. The summed E-state index contributed by atoms with van der Waals surface area (Å²) in [5.74, 6) is 0.335. The van der Waals surface area contributed by atoms with Crippen LogP contribution in [0.15, 0.2) is 48.5 Å². The highest BCUT2D eigenvalue weighted by Gasteiger charge is 2.52. The van der Waals surface area contributed by atoms with Crippen LogP contribution in [0, 0.1) is 5.92 Å². The summed E-state index contributed by atoms with van der Waals surface area (Å²) in [7, 11) is -3.25. The van der Waals surface area contributed by atoms with Gasteiger partial charge in [-0.15, -0.1) is 0 Å². The first kappa shape index (κ1) is 19.5. The number of sulfone groups is 1. The molecule has 5 heteroatoms. The summed E-state index contributed by atoms with van der Waals surface area (Å²) >= 11 is 0. The molecule has 0 radical (unpaired) electrons. The highest BCUT2D eigenvalue weighted by atomic mass is 32.2. The van der Waals surface area contributed by atoms with Crippen LogP contribution in [0.3, 0.4) is 0 Å². The Kier molecular flexibility index (Phi) is 4.79. The van der Waals surface area contributed by atoms with E-state index in [1.807, 2.05) is 30.3 Å².